The zero-order chi connectivity index (χ0) is 13.2. The summed E-state index contributed by atoms with van der Waals surface area (Å²) < 4.78 is 4.49. The van der Waals surface area contributed by atoms with Gasteiger partial charge < -0.3 is 4.74 Å². The van der Waals surface area contributed by atoms with Gasteiger partial charge >= 0.3 is 5.97 Å². The van der Waals surface area contributed by atoms with Crippen molar-refractivity contribution in [2.45, 2.75) is 30.5 Å². The van der Waals surface area contributed by atoms with Gasteiger partial charge in [0.05, 0.1) is 6.61 Å². The molecule has 4 heteroatoms. The second kappa shape index (κ2) is 5.10. The van der Waals surface area contributed by atoms with E-state index in [1.807, 2.05) is 37.3 Å². The van der Waals surface area contributed by atoms with Gasteiger partial charge in [0, 0.05) is 11.8 Å². The van der Waals surface area contributed by atoms with Crippen LogP contribution in [0.2, 0.25) is 0 Å². The van der Waals surface area contributed by atoms with Gasteiger partial charge in [0.1, 0.15) is 4.33 Å². The van der Waals surface area contributed by atoms with Crippen LogP contribution in [0.15, 0.2) is 30.3 Å². The van der Waals surface area contributed by atoms with Crippen molar-refractivity contribution in [2.24, 2.45) is 5.41 Å². The molecule has 1 fully saturated rings. The van der Waals surface area contributed by atoms with Crippen LogP contribution in [0.1, 0.15) is 25.3 Å². The Morgan fingerprint density at radius 2 is 1.94 bits per heavy atom. The van der Waals surface area contributed by atoms with Crippen molar-refractivity contribution >= 4 is 29.2 Å². The summed E-state index contributed by atoms with van der Waals surface area (Å²) in [6.45, 7) is 2.23. The van der Waals surface area contributed by atoms with Crippen molar-refractivity contribution in [1.82, 2.24) is 0 Å². The highest BCUT2D eigenvalue weighted by atomic mass is 35.5. The summed E-state index contributed by atoms with van der Waals surface area (Å²) in [5.74, 6) is -0.198. The van der Waals surface area contributed by atoms with E-state index in [0.717, 1.165) is 5.56 Å². The highest BCUT2D eigenvalue weighted by Crippen LogP contribution is 2.63. The first-order chi connectivity index (χ1) is 8.43. The Morgan fingerprint density at radius 3 is 2.50 bits per heavy atom. The third-order valence-corrected chi connectivity index (χ3v) is 4.56. The van der Waals surface area contributed by atoms with Gasteiger partial charge in [0.2, 0.25) is 0 Å². The van der Waals surface area contributed by atoms with E-state index in [2.05, 4.69) is 0 Å². The van der Waals surface area contributed by atoms with Gasteiger partial charge in [0.25, 0.3) is 0 Å². The molecule has 0 spiro atoms. The SMILES string of the molecule is CC1(COC(=O)CCc2ccccc2)CC1(Cl)Cl. The molecule has 0 radical (unpaired) electrons. The van der Waals surface area contributed by atoms with Crippen LogP contribution in [0.3, 0.4) is 0 Å². The second-order valence-corrected chi connectivity index (χ2v) is 6.57. The zero-order valence-electron chi connectivity index (χ0n) is 10.3. The van der Waals surface area contributed by atoms with E-state index in [1.54, 1.807) is 0 Å². The van der Waals surface area contributed by atoms with Crippen LogP contribution < -0.4 is 0 Å². The third-order valence-electron chi connectivity index (χ3n) is 3.38. The minimum atomic E-state index is -0.729. The van der Waals surface area contributed by atoms with Crippen LogP contribution in [0.4, 0.5) is 0 Å². The fraction of sp³-hybridized carbons (Fsp3) is 0.500. The maximum Gasteiger partial charge on any atom is 0.306 e. The molecule has 0 N–H and O–H groups in total. The summed E-state index contributed by atoms with van der Waals surface area (Å²) in [6, 6.07) is 9.87. The first-order valence-corrected chi connectivity index (χ1v) is 6.76. The molecule has 1 atom stereocenters. The first kappa shape index (κ1) is 13.7. The van der Waals surface area contributed by atoms with Gasteiger partial charge in [0.15, 0.2) is 0 Å². The van der Waals surface area contributed by atoms with Crippen LogP contribution in [-0.4, -0.2) is 16.9 Å². The number of alkyl halides is 2. The van der Waals surface area contributed by atoms with E-state index < -0.39 is 4.33 Å². The minimum absolute atomic E-state index is 0.198. The Bertz CT molecular complexity index is 431. The molecule has 1 aliphatic carbocycles. The van der Waals surface area contributed by atoms with E-state index >= 15 is 0 Å². The fourth-order valence-corrected chi connectivity index (χ4v) is 2.50. The molecule has 1 aromatic carbocycles. The Morgan fingerprint density at radius 1 is 1.33 bits per heavy atom. The Hall–Kier alpha value is -0.730. The lowest BCUT2D eigenvalue weighted by Crippen LogP contribution is -2.17. The molecule has 0 aromatic heterocycles. The summed E-state index contributed by atoms with van der Waals surface area (Å²) >= 11 is 12.0. The smallest absolute Gasteiger partial charge is 0.306 e. The lowest BCUT2D eigenvalue weighted by Gasteiger charge is -2.12. The van der Waals surface area contributed by atoms with Crippen molar-refractivity contribution in [2.75, 3.05) is 6.61 Å². The summed E-state index contributed by atoms with van der Waals surface area (Å²) in [4.78, 5) is 11.6. The summed E-state index contributed by atoms with van der Waals surface area (Å²) in [5.41, 5.74) is 0.856. The van der Waals surface area contributed by atoms with Gasteiger partial charge in [-0.3, -0.25) is 4.79 Å². The second-order valence-electron chi connectivity index (χ2n) is 5.09. The molecule has 98 valence electrons. The molecule has 1 aliphatic rings. The number of carbonyl (C=O) groups excluding carboxylic acids is 1. The summed E-state index contributed by atoms with van der Waals surface area (Å²) in [5, 5.41) is 0. The number of aryl methyl sites for hydroxylation is 1. The molecule has 1 aromatic rings. The van der Waals surface area contributed by atoms with Gasteiger partial charge in [-0.2, -0.15) is 0 Å². The standard InChI is InChI=1S/C14H16Cl2O2/c1-13(9-14(13,15)16)10-18-12(17)8-7-11-5-3-2-4-6-11/h2-6H,7-10H2,1H3. The molecule has 0 bridgehead atoms. The monoisotopic (exact) mass is 286 g/mol. The minimum Gasteiger partial charge on any atom is -0.465 e. The topological polar surface area (TPSA) is 26.3 Å². The van der Waals surface area contributed by atoms with Crippen LogP contribution in [0, 0.1) is 5.41 Å². The van der Waals surface area contributed by atoms with Gasteiger partial charge in [-0.05, 0) is 18.4 Å². The van der Waals surface area contributed by atoms with Crippen molar-refractivity contribution in [3.05, 3.63) is 35.9 Å². The van der Waals surface area contributed by atoms with Crippen molar-refractivity contribution in [3.63, 3.8) is 0 Å². The number of rotatable bonds is 5. The number of hydrogen-bond acceptors (Lipinski definition) is 2. The number of halogens is 2. The average Bonchev–Trinajstić information content (AvgIpc) is 2.85. The Kier molecular flexibility index (Phi) is 3.88. The van der Waals surface area contributed by atoms with E-state index in [9.17, 15) is 4.79 Å². The maximum absolute atomic E-state index is 11.6. The molecule has 0 aliphatic heterocycles. The highest BCUT2D eigenvalue weighted by Gasteiger charge is 2.63. The summed E-state index contributed by atoms with van der Waals surface area (Å²) in [7, 11) is 0. The van der Waals surface area contributed by atoms with Crippen molar-refractivity contribution < 1.29 is 9.53 Å². The van der Waals surface area contributed by atoms with E-state index in [4.69, 9.17) is 27.9 Å². The Balaban J connectivity index is 1.71. The normalized spacial score (nSPS) is 24.6. The fourth-order valence-electron chi connectivity index (χ4n) is 1.81. The molecule has 0 amide bonds. The van der Waals surface area contributed by atoms with E-state index in [0.29, 0.717) is 25.9 Å². The zero-order valence-corrected chi connectivity index (χ0v) is 11.8. The number of ether oxygens (including phenoxy) is 1. The average molecular weight is 287 g/mol. The quantitative estimate of drug-likeness (QED) is 0.609. The molecule has 2 nitrogen and oxygen atoms in total. The molecule has 1 saturated carbocycles. The summed E-state index contributed by atoms with van der Waals surface area (Å²) in [6.07, 6.45) is 1.76. The van der Waals surface area contributed by atoms with Crippen molar-refractivity contribution in [3.8, 4) is 0 Å². The van der Waals surface area contributed by atoms with Crippen LogP contribution in [0.25, 0.3) is 0 Å². The van der Waals surface area contributed by atoms with Crippen LogP contribution in [0.5, 0.6) is 0 Å². The van der Waals surface area contributed by atoms with Gasteiger partial charge in [-0.1, -0.05) is 37.3 Å². The van der Waals surface area contributed by atoms with Gasteiger partial charge in [-0.25, -0.2) is 0 Å². The van der Waals surface area contributed by atoms with E-state index in [1.165, 1.54) is 0 Å². The third kappa shape index (κ3) is 3.18. The Labute approximate surface area is 117 Å². The molecule has 18 heavy (non-hydrogen) atoms. The maximum atomic E-state index is 11.6. The van der Waals surface area contributed by atoms with Gasteiger partial charge in [-0.15, -0.1) is 23.2 Å². The highest BCUT2D eigenvalue weighted by molar-refractivity contribution is 6.51. The molecule has 0 heterocycles. The molecular weight excluding hydrogens is 271 g/mol. The number of benzene rings is 1. The number of carbonyl (C=O) groups is 1. The lowest BCUT2D eigenvalue weighted by molar-refractivity contribution is -0.145. The number of hydrogen-bond donors (Lipinski definition) is 0. The largest absolute Gasteiger partial charge is 0.465 e. The lowest BCUT2D eigenvalue weighted by atomic mass is 10.1. The predicted octanol–water partition coefficient (Wildman–Crippen LogP) is 3.75. The molecule has 2 rings (SSSR count). The number of esters is 1. The van der Waals surface area contributed by atoms with E-state index in [-0.39, 0.29) is 11.4 Å². The van der Waals surface area contributed by atoms with Crippen molar-refractivity contribution in [1.29, 1.82) is 0 Å². The predicted molar refractivity (Wildman–Crippen MR) is 72.9 cm³/mol. The van der Waals surface area contributed by atoms with Crippen LogP contribution >= 0.6 is 23.2 Å². The van der Waals surface area contributed by atoms with Crippen LogP contribution in [-0.2, 0) is 16.0 Å². The molecular formula is C14H16Cl2O2. The first-order valence-electron chi connectivity index (χ1n) is 6.00. The molecule has 1 unspecified atom stereocenters. The molecule has 0 saturated heterocycles.